The minimum atomic E-state index is -3.96. The van der Waals surface area contributed by atoms with Crippen LogP contribution in [0, 0.1) is 13.8 Å². The third kappa shape index (κ3) is 4.51. The minimum Gasteiger partial charge on any atom is -0.456 e. The molecular formula is C20H18N2O4S. The van der Waals surface area contributed by atoms with E-state index in [-0.39, 0.29) is 10.5 Å². The summed E-state index contributed by atoms with van der Waals surface area (Å²) in [6.45, 7) is 3.48. The molecule has 1 amide bonds. The molecule has 1 heterocycles. The Kier molecular flexibility index (Phi) is 5.23. The molecule has 0 fully saturated rings. The first-order valence-electron chi connectivity index (χ1n) is 8.17. The van der Waals surface area contributed by atoms with Crippen molar-refractivity contribution in [3.8, 4) is 11.5 Å². The van der Waals surface area contributed by atoms with Crippen LogP contribution in [0.1, 0.15) is 21.5 Å². The molecule has 0 saturated heterocycles. The summed E-state index contributed by atoms with van der Waals surface area (Å²) in [5, 5.41) is 0. The van der Waals surface area contributed by atoms with Gasteiger partial charge in [-0.1, -0.05) is 12.1 Å². The number of benzene rings is 2. The van der Waals surface area contributed by atoms with Gasteiger partial charge in [-0.3, -0.25) is 9.78 Å². The first-order chi connectivity index (χ1) is 12.8. The number of sulfonamides is 1. The van der Waals surface area contributed by atoms with Gasteiger partial charge < -0.3 is 4.74 Å². The van der Waals surface area contributed by atoms with Crippen LogP contribution in [0.5, 0.6) is 11.5 Å². The molecule has 0 spiro atoms. The maximum atomic E-state index is 12.5. The van der Waals surface area contributed by atoms with Gasteiger partial charge in [-0.15, -0.1) is 0 Å². The summed E-state index contributed by atoms with van der Waals surface area (Å²) in [4.78, 5) is 16.4. The third-order valence-corrected chi connectivity index (χ3v) is 5.32. The highest BCUT2D eigenvalue weighted by Gasteiger charge is 2.21. The van der Waals surface area contributed by atoms with Gasteiger partial charge >= 0.3 is 0 Å². The number of carbonyl (C=O) groups is 1. The van der Waals surface area contributed by atoms with Crippen LogP contribution in [-0.4, -0.2) is 19.3 Å². The molecule has 0 atom stereocenters. The van der Waals surface area contributed by atoms with E-state index in [1.54, 1.807) is 56.6 Å². The SMILES string of the molecule is Cc1ccc(C)c(S(=O)(=O)NC(=O)c2ccc(Oc3cccnc3)cc2)c1. The molecule has 27 heavy (non-hydrogen) atoms. The Morgan fingerprint density at radius 3 is 2.41 bits per heavy atom. The second kappa shape index (κ2) is 7.59. The second-order valence-electron chi connectivity index (χ2n) is 6.02. The number of aryl methyl sites for hydroxylation is 2. The summed E-state index contributed by atoms with van der Waals surface area (Å²) in [6.07, 6.45) is 3.20. The maximum absolute atomic E-state index is 12.5. The number of hydrogen-bond donors (Lipinski definition) is 1. The Morgan fingerprint density at radius 1 is 1.00 bits per heavy atom. The van der Waals surface area contributed by atoms with Crippen molar-refractivity contribution in [3.05, 3.63) is 83.7 Å². The molecule has 0 unspecified atom stereocenters. The lowest BCUT2D eigenvalue weighted by atomic mass is 10.2. The molecular weight excluding hydrogens is 364 g/mol. The van der Waals surface area contributed by atoms with Gasteiger partial charge in [0.2, 0.25) is 0 Å². The highest BCUT2D eigenvalue weighted by molar-refractivity contribution is 7.90. The molecule has 7 heteroatoms. The zero-order valence-electron chi connectivity index (χ0n) is 14.8. The van der Waals surface area contributed by atoms with Crippen molar-refractivity contribution in [1.29, 1.82) is 0 Å². The van der Waals surface area contributed by atoms with Crippen molar-refractivity contribution in [2.75, 3.05) is 0 Å². The third-order valence-electron chi connectivity index (χ3n) is 3.85. The van der Waals surface area contributed by atoms with Crippen LogP contribution in [0.15, 0.2) is 71.9 Å². The number of amides is 1. The molecule has 1 N–H and O–H groups in total. The molecule has 6 nitrogen and oxygen atoms in total. The number of pyridine rings is 1. The van der Waals surface area contributed by atoms with Crippen molar-refractivity contribution in [1.82, 2.24) is 9.71 Å². The minimum absolute atomic E-state index is 0.0902. The summed E-state index contributed by atoms with van der Waals surface area (Å²) in [7, 11) is -3.96. The van der Waals surface area contributed by atoms with Crippen molar-refractivity contribution in [3.63, 3.8) is 0 Å². The quantitative estimate of drug-likeness (QED) is 0.729. The van der Waals surface area contributed by atoms with Crippen LogP contribution in [0.2, 0.25) is 0 Å². The van der Waals surface area contributed by atoms with Gasteiger partial charge in [-0.2, -0.15) is 0 Å². The van der Waals surface area contributed by atoms with E-state index < -0.39 is 15.9 Å². The molecule has 0 aliphatic carbocycles. The maximum Gasteiger partial charge on any atom is 0.265 e. The second-order valence-corrected chi connectivity index (χ2v) is 7.67. The average molecular weight is 382 g/mol. The van der Waals surface area contributed by atoms with Crippen molar-refractivity contribution < 1.29 is 17.9 Å². The molecule has 3 aromatic rings. The smallest absolute Gasteiger partial charge is 0.265 e. The number of hydrogen-bond acceptors (Lipinski definition) is 5. The summed E-state index contributed by atoms with van der Waals surface area (Å²) >= 11 is 0. The number of nitrogens with one attached hydrogen (secondary N) is 1. The fourth-order valence-corrected chi connectivity index (χ4v) is 3.76. The van der Waals surface area contributed by atoms with E-state index in [9.17, 15) is 13.2 Å². The Morgan fingerprint density at radius 2 is 1.74 bits per heavy atom. The number of nitrogens with zero attached hydrogens (tertiary/aromatic N) is 1. The molecule has 138 valence electrons. The fourth-order valence-electron chi connectivity index (χ4n) is 2.45. The predicted molar refractivity (Wildman–Crippen MR) is 101 cm³/mol. The van der Waals surface area contributed by atoms with Crippen LogP contribution in [0.25, 0.3) is 0 Å². The Labute approximate surface area is 157 Å². The van der Waals surface area contributed by atoms with Crippen LogP contribution in [0.3, 0.4) is 0 Å². The van der Waals surface area contributed by atoms with Gasteiger partial charge in [0, 0.05) is 11.8 Å². The van der Waals surface area contributed by atoms with E-state index in [4.69, 9.17) is 4.74 Å². The van der Waals surface area contributed by atoms with Crippen molar-refractivity contribution in [2.45, 2.75) is 18.7 Å². The highest BCUT2D eigenvalue weighted by atomic mass is 32.2. The lowest BCUT2D eigenvalue weighted by molar-refractivity contribution is 0.0981. The van der Waals surface area contributed by atoms with Crippen LogP contribution in [-0.2, 0) is 10.0 Å². The van der Waals surface area contributed by atoms with Gasteiger partial charge in [0.15, 0.2) is 0 Å². The summed E-state index contributed by atoms with van der Waals surface area (Å²) < 4.78 is 32.8. The molecule has 0 saturated carbocycles. The number of ether oxygens (including phenoxy) is 1. The summed E-state index contributed by atoms with van der Waals surface area (Å²) in [6, 6.07) is 14.7. The zero-order chi connectivity index (χ0) is 19.4. The molecule has 2 aromatic carbocycles. The summed E-state index contributed by atoms with van der Waals surface area (Å²) in [5.41, 5.74) is 1.58. The number of rotatable bonds is 5. The lowest BCUT2D eigenvalue weighted by Crippen LogP contribution is -2.31. The summed E-state index contributed by atoms with van der Waals surface area (Å²) in [5.74, 6) is 0.368. The van der Waals surface area contributed by atoms with E-state index in [1.807, 2.05) is 6.07 Å². The first-order valence-corrected chi connectivity index (χ1v) is 9.66. The normalized spacial score (nSPS) is 11.0. The standard InChI is InChI=1S/C20H18N2O4S/c1-14-5-6-15(2)19(12-14)27(24,25)22-20(23)16-7-9-17(10-8-16)26-18-4-3-11-21-13-18/h3-13H,1-2H3,(H,22,23). The number of aromatic nitrogens is 1. The topological polar surface area (TPSA) is 85.4 Å². The Balaban J connectivity index is 1.75. The van der Waals surface area contributed by atoms with Crippen LogP contribution >= 0.6 is 0 Å². The average Bonchev–Trinajstić information content (AvgIpc) is 2.64. The van der Waals surface area contributed by atoms with Gasteiger partial charge in [-0.25, -0.2) is 13.1 Å². The highest BCUT2D eigenvalue weighted by Crippen LogP contribution is 2.21. The van der Waals surface area contributed by atoms with Crippen molar-refractivity contribution >= 4 is 15.9 Å². The Bertz CT molecular complexity index is 1060. The van der Waals surface area contributed by atoms with Gasteiger partial charge in [-0.05, 0) is 67.4 Å². The first kappa shape index (κ1) is 18.6. The molecule has 0 aliphatic rings. The molecule has 1 aromatic heterocycles. The van der Waals surface area contributed by atoms with Crippen LogP contribution in [0.4, 0.5) is 0 Å². The van der Waals surface area contributed by atoms with E-state index >= 15 is 0 Å². The van der Waals surface area contributed by atoms with E-state index in [0.717, 1.165) is 5.56 Å². The molecule has 0 aliphatic heterocycles. The largest absolute Gasteiger partial charge is 0.456 e. The lowest BCUT2D eigenvalue weighted by Gasteiger charge is -2.11. The zero-order valence-corrected chi connectivity index (χ0v) is 15.7. The predicted octanol–water partition coefficient (Wildman–Crippen LogP) is 3.61. The Hall–Kier alpha value is -3.19. The molecule has 3 rings (SSSR count). The van der Waals surface area contributed by atoms with Gasteiger partial charge in [0.1, 0.15) is 11.5 Å². The molecule has 0 radical (unpaired) electrons. The van der Waals surface area contributed by atoms with E-state index in [1.165, 1.54) is 18.2 Å². The van der Waals surface area contributed by atoms with Crippen molar-refractivity contribution in [2.24, 2.45) is 0 Å². The van der Waals surface area contributed by atoms with E-state index in [2.05, 4.69) is 9.71 Å². The number of carbonyl (C=O) groups excluding carboxylic acids is 1. The van der Waals surface area contributed by atoms with Gasteiger partial charge in [0.25, 0.3) is 15.9 Å². The van der Waals surface area contributed by atoms with Gasteiger partial charge in [0.05, 0.1) is 11.1 Å². The van der Waals surface area contributed by atoms with E-state index in [0.29, 0.717) is 17.1 Å². The fraction of sp³-hybridized carbons (Fsp3) is 0.100. The van der Waals surface area contributed by atoms with Crippen LogP contribution < -0.4 is 9.46 Å². The molecule has 0 bridgehead atoms. The monoisotopic (exact) mass is 382 g/mol.